The van der Waals surface area contributed by atoms with E-state index in [4.69, 9.17) is 0 Å². The van der Waals surface area contributed by atoms with Gasteiger partial charge in [0.1, 0.15) is 11.9 Å². The number of aromatic nitrogens is 1. The number of fused-ring (bicyclic) bond motifs is 3. The Kier molecular flexibility index (Phi) is 4.62. The van der Waals surface area contributed by atoms with E-state index in [9.17, 15) is 9.18 Å². The summed E-state index contributed by atoms with van der Waals surface area (Å²) in [6.07, 6.45) is 3.90. The number of pyridine rings is 1. The first-order valence-corrected chi connectivity index (χ1v) is 10.4. The van der Waals surface area contributed by atoms with Crippen LogP contribution in [0, 0.1) is 12.7 Å². The number of hydrogen-bond acceptors (Lipinski definition) is 5. The molecule has 2 fully saturated rings. The summed E-state index contributed by atoms with van der Waals surface area (Å²) in [5.41, 5.74) is 4.05. The second-order valence-electron chi connectivity index (χ2n) is 8.25. The summed E-state index contributed by atoms with van der Waals surface area (Å²) in [5, 5.41) is 3.05. The molecule has 152 valence electrons. The van der Waals surface area contributed by atoms with Crippen LogP contribution in [0.2, 0.25) is 0 Å². The lowest BCUT2D eigenvalue weighted by Crippen LogP contribution is -2.46. The minimum Gasteiger partial charge on any atom is -0.369 e. The van der Waals surface area contributed by atoms with Gasteiger partial charge in [0, 0.05) is 51.2 Å². The van der Waals surface area contributed by atoms with E-state index >= 15 is 0 Å². The fourth-order valence-corrected chi connectivity index (χ4v) is 4.80. The summed E-state index contributed by atoms with van der Waals surface area (Å²) in [6.45, 7) is 7.39. The summed E-state index contributed by atoms with van der Waals surface area (Å²) < 4.78 is 13.4. The van der Waals surface area contributed by atoms with Crippen molar-refractivity contribution in [3.05, 3.63) is 47.4 Å². The molecular weight excluding hydrogens is 369 g/mol. The van der Waals surface area contributed by atoms with Gasteiger partial charge in [-0.15, -0.1) is 0 Å². The normalized spacial score (nSPS) is 21.7. The molecule has 7 heteroatoms. The lowest BCUT2D eigenvalue weighted by molar-refractivity contribution is -0.117. The summed E-state index contributed by atoms with van der Waals surface area (Å²) in [7, 11) is 0. The highest BCUT2D eigenvalue weighted by Gasteiger charge is 2.37. The Morgan fingerprint density at radius 2 is 2.00 bits per heavy atom. The topological polar surface area (TPSA) is 51.7 Å². The number of carbonyl (C=O) groups excluding carboxylic acids is 1. The molecule has 0 bridgehead atoms. The van der Waals surface area contributed by atoms with E-state index in [0.717, 1.165) is 80.4 Å². The number of nitrogens with one attached hydrogen (secondary N) is 1. The number of hydrogen-bond donors (Lipinski definition) is 1. The van der Waals surface area contributed by atoms with Crippen molar-refractivity contribution < 1.29 is 9.18 Å². The van der Waals surface area contributed by atoms with Crippen molar-refractivity contribution >= 4 is 23.1 Å². The monoisotopic (exact) mass is 395 g/mol. The molecule has 6 nitrogen and oxygen atoms in total. The number of carbonyl (C=O) groups is 1. The van der Waals surface area contributed by atoms with Crippen molar-refractivity contribution in [2.75, 3.05) is 47.8 Å². The number of aryl methyl sites for hydroxylation is 1. The third-order valence-electron chi connectivity index (χ3n) is 6.29. The standard InChI is InChI=1S/C22H26FN5O/c1-15-11-17(23)4-5-19(15)27-9-7-26(8-10-27)14-16-12-18-21(24-13-16)28-6-2-3-20(28)22(29)25-18/h4-5,11-13,20H,2-3,6-10,14H2,1H3,(H,25,29). The van der Waals surface area contributed by atoms with E-state index < -0.39 is 0 Å². The molecule has 1 aromatic carbocycles. The molecule has 0 spiro atoms. The predicted molar refractivity (Wildman–Crippen MR) is 112 cm³/mol. The lowest BCUT2D eigenvalue weighted by Gasteiger charge is -2.37. The fraction of sp³-hybridized carbons (Fsp3) is 0.455. The van der Waals surface area contributed by atoms with Crippen LogP contribution in [0.1, 0.15) is 24.0 Å². The minimum atomic E-state index is -0.183. The van der Waals surface area contributed by atoms with Crippen LogP contribution in [0.3, 0.4) is 0 Å². The van der Waals surface area contributed by atoms with Crippen molar-refractivity contribution in [3.63, 3.8) is 0 Å². The van der Waals surface area contributed by atoms with Crippen LogP contribution in [0.15, 0.2) is 30.5 Å². The number of rotatable bonds is 3. The molecule has 5 rings (SSSR count). The second-order valence-corrected chi connectivity index (χ2v) is 8.25. The van der Waals surface area contributed by atoms with E-state index in [2.05, 4.69) is 31.1 Å². The molecule has 3 aliphatic heterocycles. The highest BCUT2D eigenvalue weighted by atomic mass is 19.1. The van der Waals surface area contributed by atoms with E-state index in [1.165, 1.54) is 6.07 Å². The molecule has 29 heavy (non-hydrogen) atoms. The Labute approximate surface area is 170 Å². The fourth-order valence-electron chi connectivity index (χ4n) is 4.80. The van der Waals surface area contributed by atoms with Gasteiger partial charge < -0.3 is 15.1 Å². The summed E-state index contributed by atoms with van der Waals surface area (Å²) in [5.74, 6) is 0.821. The molecule has 1 aromatic heterocycles. The van der Waals surface area contributed by atoms with Gasteiger partial charge >= 0.3 is 0 Å². The average Bonchev–Trinajstić information content (AvgIpc) is 3.20. The van der Waals surface area contributed by atoms with Gasteiger partial charge in [0.05, 0.1) is 5.69 Å². The Morgan fingerprint density at radius 1 is 1.17 bits per heavy atom. The Hall–Kier alpha value is -2.67. The molecule has 4 heterocycles. The molecule has 1 unspecified atom stereocenters. The van der Waals surface area contributed by atoms with E-state index in [-0.39, 0.29) is 17.8 Å². The molecule has 1 N–H and O–H groups in total. The van der Waals surface area contributed by atoms with Gasteiger partial charge in [0.25, 0.3) is 0 Å². The highest BCUT2D eigenvalue weighted by Crippen LogP contribution is 2.35. The number of halogens is 1. The van der Waals surface area contributed by atoms with Crippen LogP contribution in [0.25, 0.3) is 0 Å². The molecule has 1 amide bonds. The Morgan fingerprint density at radius 3 is 2.79 bits per heavy atom. The minimum absolute atomic E-state index is 0.0520. The molecule has 3 aliphatic rings. The quantitative estimate of drug-likeness (QED) is 0.866. The van der Waals surface area contributed by atoms with Gasteiger partial charge in [-0.05, 0) is 55.2 Å². The Balaban J connectivity index is 1.24. The van der Waals surface area contributed by atoms with Crippen LogP contribution in [0.4, 0.5) is 21.6 Å². The highest BCUT2D eigenvalue weighted by molar-refractivity contribution is 6.03. The van der Waals surface area contributed by atoms with Gasteiger partial charge in [0.2, 0.25) is 5.91 Å². The zero-order valence-electron chi connectivity index (χ0n) is 16.7. The number of amides is 1. The molecular formula is C22H26FN5O. The molecule has 1 atom stereocenters. The van der Waals surface area contributed by atoms with Gasteiger partial charge in [-0.2, -0.15) is 0 Å². The van der Waals surface area contributed by atoms with Gasteiger partial charge in [-0.3, -0.25) is 9.69 Å². The zero-order valence-corrected chi connectivity index (χ0v) is 16.7. The van der Waals surface area contributed by atoms with Crippen LogP contribution >= 0.6 is 0 Å². The lowest BCUT2D eigenvalue weighted by atomic mass is 10.1. The third kappa shape index (κ3) is 3.44. The van der Waals surface area contributed by atoms with E-state index in [1.54, 1.807) is 6.07 Å². The molecule has 0 aliphatic carbocycles. The first kappa shape index (κ1) is 18.4. The largest absolute Gasteiger partial charge is 0.369 e. The summed E-state index contributed by atoms with van der Waals surface area (Å²) in [6, 6.07) is 7.03. The number of anilines is 3. The van der Waals surface area contributed by atoms with Gasteiger partial charge in [-0.25, -0.2) is 9.37 Å². The second kappa shape index (κ2) is 7.30. The van der Waals surface area contributed by atoms with Gasteiger partial charge in [0.15, 0.2) is 5.82 Å². The molecule has 0 saturated carbocycles. The third-order valence-corrected chi connectivity index (χ3v) is 6.29. The summed E-state index contributed by atoms with van der Waals surface area (Å²) >= 11 is 0. The van der Waals surface area contributed by atoms with Crippen molar-refractivity contribution in [3.8, 4) is 0 Å². The smallest absolute Gasteiger partial charge is 0.247 e. The molecule has 2 aromatic rings. The molecule has 0 radical (unpaired) electrons. The van der Waals surface area contributed by atoms with Crippen LogP contribution < -0.4 is 15.1 Å². The van der Waals surface area contributed by atoms with Crippen molar-refractivity contribution in [2.45, 2.75) is 32.4 Å². The first-order valence-electron chi connectivity index (χ1n) is 10.4. The predicted octanol–water partition coefficient (Wildman–Crippen LogP) is 2.77. The van der Waals surface area contributed by atoms with Crippen molar-refractivity contribution in [2.24, 2.45) is 0 Å². The maximum Gasteiger partial charge on any atom is 0.247 e. The number of benzene rings is 1. The van der Waals surface area contributed by atoms with E-state index in [0.29, 0.717) is 0 Å². The number of nitrogens with zero attached hydrogens (tertiary/aromatic N) is 4. The maximum atomic E-state index is 13.4. The summed E-state index contributed by atoms with van der Waals surface area (Å²) in [4.78, 5) is 23.9. The molecule has 2 saturated heterocycles. The SMILES string of the molecule is Cc1cc(F)ccc1N1CCN(Cc2cnc3c(c2)NC(=O)C2CCCN32)CC1. The van der Waals surface area contributed by atoms with Crippen molar-refractivity contribution in [1.82, 2.24) is 9.88 Å². The average molecular weight is 395 g/mol. The van der Waals surface area contributed by atoms with Crippen LogP contribution in [0.5, 0.6) is 0 Å². The van der Waals surface area contributed by atoms with E-state index in [1.807, 2.05) is 19.2 Å². The van der Waals surface area contributed by atoms with Crippen LogP contribution in [-0.2, 0) is 11.3 Å². The van der Waals surface area contributed by atoms with Gasteiger partial charge in [-0.1, -0.05) is 0 Å². The van der Waals surface area contributed by atoms with Crippen LogP contribution in [-0.4, -0.2) is 54.6 Å². The first-order chi connectivity index (χ1) is 14.1. The number of piperazine rings is 1. The Bertz CT molecular complexity index is 941. The zero-order chi connectivity index (χ0) is 20.0. The maximum absolute atomic E-state index is 13.4. The van der Waals surface area contributed by atoms with Crippen molar-refractivity contribution in [1.29, 1.82) is 0 Å².